The lowest BCUT2D eigenvalue weighted by atomic mass is 10.0. The fraction of sp³-hybridized carbons (Fsp3) is 0.455. The summed E-state index contributed by atoms with van der Waals surface area (Å²) in [6.45, 7) is 4.19. The number of carbonyl (C=O) groups excluding carboxylic acids is 1. The molecule has 1 aromatic carbocycles. The summed E-state index contributed by atoms with van der Waals surface area (Å²) in [4.78, 5) is 34.5. The molecule has 2 aliphatic rings. The number of imidazole rings is 1. The molecule has 1 amide bonds. The van der Waals surface area contributed by atoms with Gasteiger partial charge in [-0.2, -0.15) is 0 Å². The van der Waals surface area contributed by atoms with Gasteiger partial charge in [0.05, 0.1) is 18.5 Å². The minimum atomic E-state index is -0.266. The van der Waals surface area contributed by atoms with Crippen molar-refractivity contribution in [3.05, 3.63) is 47.5 Å². The summed E-state index contributed by atoms with van der Waals surface area (Å²) in [5.74, 6) is 0.833. The van der Waals surface area contributed by atoms with E-state index in [4.69, 9.17) is 40.9 Å². The Morgan fingerprint density at radius 3 is 2.71 bits per heavy atom. The number of carbonyl (C=O) groups is 3. The average Bonchev–Trinajstić information content (AvgIpc) is 3.46. The number of hydrogen-bond donors (Lipinski definition) is 3. The minimum absolute atomic E-state index is 0.0368. The highest BCUT2D eigenvalue weighted by Gasteiger charge is 2.42. The van der Waals surface area contributed by atoms with Crippen molar-refractivity contribution in [1.82, 2.24) is 19.8 Å². The molecule has 0 bridgehead atoms. The van der Waals surface area contributed by atoms with Crippen LogP contribution in [-0.2, 0) is 32.2 Å². The summed E-state index contributed by atoms with van der Waals surface area (Å²) in [5, 5.41) is 17.4. The number of halogens is 1. The van der Waals surface area contributed by atoms with E-state index < -0.39 is 0 Å². The zero-order valence-electron chi connectivity index (χ0n) is 18.6. The molecule has 3 N–H and O–H groups in total. The molecule has 186 valence electrons. The van der Waals surface area contributed by atoms with Gasteiger partial charge in [0, 0.05) is 55.7 Å². The number of likely N-dealkylation sites (tertiary alicyclic amines) is 1. The Labute approximate surface area is 202 Å². The molecule has 0 aliphatic carbocycles. The van der Waals surface area contributed by atoms with Crippen LogP contribution in [0.5, 0.6) is 5.75 Å². The second-order valence-corrected chi connectivity index (χ2v) is 8.11. The first kappa shape index (κ1) is 27.1. The Morgan fingerprint density at radius 1 is 1.29 bits per heavy atom. The van der Waals surface area contributed by atoms with Gasteiger partial charge in [0.25, 0.3) is 12.9 Å². The van der Waals surface area contributed by atoms with Gasteiger partial charge in [0.1, 0.15) is 12.4 Å². The van der Waals surface area contributed by atoms with Gasteiger partial charge in [-0.15, -0.1) is 0 Å². The number of nitrogens with one attached hydrogen (secondary N) is 1. The molecule has 2 aliphatic heterocycles. The molecular formula is C22H29ClN4O7. The van der Waals surface area contributed by atoms with Gasteiger partial charge >= 0.3 is 0 Å². The third kappa shape index (κ3) is 8.65. The van der Waals surface area contributed by atoms with E-state index in [1.807, 2.05) is 35.3 Å². The van der Waals surface area contributed by atoms with E-state index in [1.165, 1.54) is 0 Å². The molecule has 2 aromatic rings. The van der Waals surface area contributed by atoms with Gasteiger partial charge in [-0.3, -0.25) is 19.3 Å². The number of aromatic nitrogens is 2. The van der Waals surface area contributed by atoms with Crippen LogP contribution in [0.15, 0.2) is 36.9 Å². The number of morpholine rings is 1. The maximum absolute atomic E-state index is 11.4. The molecule has 12 heteroatoms. The van der Waals surface area contributed by atoms with Crippen molar-refractivity contribution in [2.45, 2.75) is 31.5 Å². The standard InChI is InChI=1S/C20H25ClN4O3.2CH2O2/c21-17-2-3-18(27-9-1-6-24-8-5-22-15-24)16(10-17)11-25-7-4-20(14-25)13-23-19(26)12-28-20;2*2-1-3/h2-3,5,8,10,15H,1,4,6-7,9,11-14H2,(H,23,26);2*1H,(H,2,3). The fourth-order valence-corrected chi connectivity index (χ4v) is 4.00. The van der Waals surface area contributed by atoms with Crippen LogP contribution in [0.25, 0.3) is 0 Å². The van der Waals surface area contributed by atoms with Gasteiger partial charge in [-0.1, -0.05) is 11.6 Å². The third-order valence-electron chi connectivity index (χ3n) is 5.31. The molecular weight excluding hydrogens is 468 g/mol. The van der Waals surface area contributed by atoms with E-state index >= 15 is 0 Å². The quantitative estimate of drug-likeness (QED) is 0.383. The first-order valence-electron chi connectivity index (χ1n) is 10.6. The number of carboxylic acid groups (broad SMARTS) is 2. The van der Waals surface area contributed by atoms with Gasteiger partial charge in [0.15, 0.2) is 0 Å². The van der Waals surface area contributed by atoms with Crippen LogP contribution in [0.1, 0.15) is 18.4 Å². The number of hydrogen-bond acceptors (Lipinski definition) is 7. The fourth-order valence-electron chi connectivity index (χ4n) is 3.81. The van der Waals surface area contributed by atoms with Crippen molar-refractivity contribution in [2.75, 3.05) is 32.8 Å². The highest BCUT2D eigenvalue weighted by Crippen LogP contribution is 2.31. The summed E-state index contributed by atoms with van der Waals surface area (Å²) < 4.78 is 13.9. The number of amides is 1. The van der Waals surface area contributed by atoms with Gasteiger partial charge in [-0.05, 0) is 31.0 Å². The molecule has 1 spiro atoms. The molecule has 1 unspecified atom stereocenters. The van der Waals surface area contributed by atoms with E-state index in [1.54, 1.807) is 6.20 Å². The number of ether oxygens (including phenoxy) is 2. The average molecular weight is 497 g/mol. The van der Waals surface area contributed by atoms with Gasteiger partial charge in [0.2, 0.25) is 5.91 Å². The molecule has 4 rings (SSSR count). The highest BCUT2D eigenvalue weighted by atomic mass is 35.5. The lowest BCUT2D eigenvalue weighted by Gasteiger charge is -2.33. The summed E-state index contributed by atoms with van der Waals surface area (Å²) in [6, 6.07) is 5.78. The van der Waals surface area contributed by atoms with Crippen molar-refractivity contribution in [3.8, 4) is 5.75 Å². The molecule has 1 aromatic heterocycles. The predicted molar refractivity (Wildman–Crippen MR) is 123 cm³/mol. The number of rotatable bonds is 7. The van der Waals surface area contributed by atoms with Crippen LogP contribution in [0.3, 0.4) is 0 Å². The maximum Gasteiger partial charge on any atom is 0.290 e. The zero-order chi connectivity index (χ0) is 24.8. The lowest BCUT2D eigenvalue weighted by Crippen LogP contribution is -2.53. The summed E-state index contributed by atoms with van der Waals surface area (Å²) in [7, 11) is 0. The molecule has 0 radical (unpaired) electrons. The summed E-state index contributed by atoms with van der Waals surface area (Å²) in [6.07, 6.45) is 7.36. The van der Waals surface area contributed by atoms with E-state index in [0.29, 0.717) is 18.2 Å². The van der Waals surface area contributed by atoms with Crippen molar-refractivity contribution in [2.24, 2.45) is 0 Å². The third-order valence-corrected chi connectivity index (χ3v) is 5.54. The Morgan fingerprint density at radius 2 is 2.06 bits per heavy atom. The van der Waals surface area contributed by atoms with Gasteiger partial charge in [-0.25, -0.2) is 4.98 Å². The smallest absolute Gasteiger partial charge is 0.290 e. The van der Waals surface area contributed by atoms with E-state index in [0.717, 1.165) is 50.3 Å². The molecule has 11 nitrogen and oxygen atoms in total. The number of nitrogens with zero attached hydrogens (tertiary/aromatic N) is 3. The summed E-state index contributed by atoms with van der Waals surface area (Å²) in [5.41, 5.74) is 0.810. The summed E-state index contributed by atoms with van der Waals surface area (Å²) >= 11 is 6.23. The number of benzene rings is 1. The first-order chi connectivity index (χ1) is 16.4. The van der Waals surface area contributed by atoms with Crippen molar-refractivity contribution >= 4 is 30.5 Å². The second-order valence-electron chi connectivity index (χ2n) is 7.67. The van der Waals surface area contributed by atoms with Crippen LogP contribution in [0.4, 0.5) is 0 Å². The molecule has 2 fully saturated rings. The Kier molecular flexibility index (Phi) is 11.3. The normalized spacial score (nSPS) is 19.3. The molecule has 3 heterocycles. The van der Waals surface area contributed by atoms with Crippen LogP contribution in [0, 0.1) is 0 Å². The van der Waals surface area contributed by atoms with Crippen LogP contribution in [0.2, 0.25) is 5.02 Å². The van der Waals surface area contributed by atoms with Crippen molar-refractivity contribution in [1.29, 1.82) is 0 Å². The van der Waals surface area contributed by atoms with Crippen LogP contribution in [-0.4, -0.2) is 82.0 Å². The van der Waals surface area contributed by atoms with Crippen molar-refractivity contribution < 1.29 is 34.1 Å². The molecule has 2 saturated heterocycles. The van der Waals surface area contributed by atoms with Crippen molar-refractivity contribution in [3.63, 3.8) is 0 Å². The van der Waals surface area contributed by atoms with Crippen LogP contribution >= 0.6 is 11.6 Å². The Balaban J connectivity index is 0.000000618. The molecule has 34 heavy (non-hydrogen) atoms. The first-order valence-corrected chi connectivity index (χ1v) is 11.0. The van der Waals surface area contributed by atoms with E-state index in [9.17, 15) is 4.79 Å². The lowest BCUT2D eigenvalue weighted by molar-refractivity contribution is -0.142. The van der Waals surface area contributed by atoms with E-state index in [2.05, 4.69) is 15.2 Å². The monoisotopic (exact) mass is 496 g/mol. The second kappa shape index (κ2) is 14.2. The number of aryl methyl sites for hydroxylation is 1. The minimum Gasteiger partial charge on any atom is -0.493 e. The van der Waals surface area contributed by atoms with E-state index in [-0.39, 0.29) is 31.1 Å². The van der Waals surface area contributed by atoms with Crippen LogP contribution < -0.4 is 10.1 Å². The van der Waals surface area contributed by atoms with Gasteiger partial charge < -0.3 is 29.6 Å². The molecule has 0 saturated carbocycles. The largest absolute Gasteiger partial charge is 0.493 e. The topological polar surface area (TPSA) is 143 Å². The SMILES string of the molecule is O=C1COC2(CCN(Cc3cc(Cl)ccc3OCCCn3ccnc3)C2)CN1.O=CO.O=CO. The molecule has 1 atom stereocenters. The maximum atomic E-state index is 11.4. The Bertz CT molecular complexity index is 895. The predicted octanol–water partition coefficient (Wildman–Crippen LogP) is 1.50. The Hall–Kier alpha value is -3.15. The zero-order valence-corrected chi connectivity index (χ0v) is 19.4. The highest BCUT2D eigenvalue weighted by molar-refractivity contribution is 6.30.